The Balaban J connectivity index is 1.70. The number of carbonyl (C=O) groups excluding carboxylic acids is 1. The summed E-state index contributed by atoms with van der Waals surface area (Å²) in [5.41, 5.74) is 2.92. The minimum Gasteiger partial charge on any atom is -0.353 e. The van der Waals surface area contributed by atoms with E-state index in [-0.39, 0.29) is 17.9 Å². The SMILES string of the molecule is O=C1NC(c2ccc(F)cc2)Nc2sc3c(c21)CCCC3. The van der Waals surface area contributed by atoms with Crippen molar-refractivity contribution in [2.45, 2.75) is 31.8 Å². The highest BCUT2D eigenvalue weighted by atomic mass is 32.1. The molecule has 0 bridgehead atoms. The van der Waals surface area contributed by atoms with E-state index in [2.05, 4.69) is 10.6 Å². The van der Waals surface area contributed by atoms with Crippen LogP contribution in [-0.2, 0) is 12.8 Å². The molecule has 1 aliphatic carbocycles. The largest absolute Gasteiger partial charge is 0.353 e. The van der Waals surface area contributed by atoms with Gasteiger partial charge in [0.15, 0.2) is 0 Å². The Morgan fingerprint density at radius 2 is 1.86 bits per heavy atom. The van der Waals surface area contributed by atoms with E-state index in [4.69, 9.17) is 0 Å². The predicted molar refractivity (Wildman–Crippen MR) is 81.2 cm³/mol. The molecule has 1 amide bonds. The monoisotopic (exact) mass is 302 g/mol. The minimum atomic E-state index is -0.286. The molecule has 3 nitrogen and oxygen atoms in total. The maximum Gasteiger partial charge on any atom is 0.256 e. The van der Waals surface area contributed by atoms with Gasteiger partial charge < -0.3 is 10.6 Å². The van der Waals surface area contributed by atoms with Crippen LogP contribution in [0.3, 0.4) is 0 Å². The zero-order chi connectivity index (χ0) is 14.4. The molecule has 0 saturated heterocycles. The van der Waals surface area contributed by atoms with Gasteiger partial charge in [0, 0.05) is 4.88 Å². The van der Waals surface area contributed by atoms with Gasteiger partial charge in [-0.25, -0.2) is 4.39 Å². The van der Waals surface area contributed by atoms with Crippen molar-refractivity contribution in [1.82, 2.24) is 5.32 Å². The smallest absolute Gasteiger partial charge is 0.256 e. The van der Waals surface area contributed by atoms with Crippen molar-refractivity contribution in [3.63, 3.8) is 0 Å². The molecule has 1 unspecified atom stereocenters. The molecule has 1 aromatic heterocycles. The number of fused-ring (bicyclic) bond motifs is 3. The molecule has 2 N–H and O–H groups in total. The van der Waals surface area contributed by atoms with E-state index in [0.29, 0.717) is 0 Å². The predicted octanol–water partition coefficient (Wildman–Crippen LogP) is 3.62. The Morgan fingerprint density at radius 1 is 1.10 bits per heavy atom. The first-order chi connectivity index (χ1) is 10.2. The minimum absolute atomic E-state index is 0.0162. The fourth-order valence-electron chi connectivity index (χ4n) is 3.10. The van der Waals surface area contributed by atoms with Crippen molar-refractivity contribution in [3.05, 3.63) is 51.7 Å². The molecule has 1 atom stereocenters. The van der Waals surface area contributed by atoms with Gasteiger partial charge in [-0.2, -0.15) is 0 Å². The molecular weight excluding hydrogens is 287 g/mol. The molecule has 0 saturated carbocycles. The zero-order valence-electron chi connectivity index (χ0n) is 11.4. The van der Waals surface area contributed by atoms with Crippen molar-refractivity contribution in [1.29, 1.82) is 0 Å². The highest BCUT2D eigenvalue weighted by molar-refractivity contribution is 7.16. The lowest BCUT2D eigenvalue weighted by molar-refractivity contribution is 0.0935. The number of thiophene rings is 1. The van der Waals surface area contributed by atoms with Crippen LogP contribution >= 0.6 is 11.3 Å². The maximum atomic E-state index is 13.0. The molecule has 0 radical (unpaired) electrons. The number of halogens is 1. The first-order valence-corrected chi connectivity index (χ1v) is 8.01. The lowest BCUT2D eigenvalue weighted by Crippen LogP contribution is -2.38. The summed E-state index contributed by atoms with van der Waals surface area (Å²) in [6.45, 7) is 0. The second-order valence-electron chi connectivity index (χ2n) is 5.52. The summed E-state index contributed by atoms with van der Waals surface area (Å²) in [6, 6.07) is 6.23. The highest BCUT2D eigenvalue weighted by Crippen LogP contribution is 2.41. The summed E-state index contributed by atoms with van der Waals surface area (Å²) in [5, 5.41) is 7.32. The van der Waals surface area contributed by atoms with Gasteiger partial charge in [-0.05, 0) is 48.9 Å². The van der Waals surface area contributed by atoms with Gasteiger partial charge in [0.05, 0.1) is 5.56 Å². The van der Waals surface area contributed by atoms with E-state index >= 15 is 0 Å². The molecule has 1 aromatic carbocycles. The van der Waals surface area contributed by atoms with Crippen LogP contribution in [0.15, 0.2) is 24.3 Å². The lowest BCUT2D eigenvalue weighted by atomic mass is 9.94. The van der Waals surface area contributed by atoms with E-state index < -0.39 is 0 Å². The van der Waals surface area contributed by atoms with Crippen LogP contribution < -0.4 is 10.6 Å². The number of benzene rings is 1. The third kappa shape index (κ3) is 2.12. The lowest BCUT2D eigenvalue weighted by Gasteiger charge is -2.26. The zero-order valence-corrected chi connectivity index (χ0v) is 12.2. The quantitative estimate of drug-likeness (QED) is 0.845. The average molecular weight is 302 g/mol. The molecule has 2 aliphatic rings. The number of hydrogen-bond acceptors (Lipinski definition) is 3. The second-order valence-corrected chi connectivity index (χ2v) is 6.62. The maximum absolute atomic E-state index is 13.0. The van der Waals surface area contributed by atoms with Crippen LogP contribution in [0.4, 0.5) is 9.39 Å². The molecule has 5 heteroatoms. The van der Waals surface area contributed by atoms with Crippen molar-refractivity contribution in [2.24, 2.45) is 0 Å². The summed E-state index contributed by atoms with van der Waals surface area (Å²) in [6.07, 6.45) is 4.15. The van der Waals surface area contributed by atoms with Crippen LogP contribution in [-0.4, -0.2) is 5.91 Å². The molecule has 2 heterocycles. The third-order valence-electron chi connectivity index (χ3n) is 4.15. The normalized spacial score (nSPS) is 20.2. The summed E-state index contributed by atoms with van der Waals surface area (Å²) in [7, 11) is 0. The fourth-order valence-corrected chi connectivity index (χ4v) is 4.41. The Kier molecular flexibility index (Phi) is 2.96. The van der Waals surface area contributed by atoms with Crippen LogP contribution in [0.2, 0.25) is 0 Å². The molecule has 2 aromatic rings. The summed E-state index contributed by atoms with van der Waals surface area (Å²) in [4.78, 5) is 13.8. The molecule has 0 fully saturated rings. The average Bonchev–Trinajstić information content (AvgIpc) is 2.86. The molecule has 108 valence electrons. The molecule has 0 spiro atoms. The van der Waals surface area contributed by atoms with E-state index in [1.54, 1.807) is 23.5 Å². The Hall–Kier alpha value is -1.88. The van der Waals surface area contributed by atoms with Crippen LogP contribution in [0.1, 0.15) is 45.4 Å². The van der Waals surface area contributed by atoms with Crippen molar-refractivity contribution >= 4 is 22.2 Å². The van der Waals surface area contributed by atoms with Crippen LogP contribution in [0, 0.1) is 5.82 Å². The van der Waals surface area contributed by atoms with Gasteiger partial charge in [-0.3, -0.25) is 4.79 Å². The van der Waals surface area contributed by atoms with Gasteiger partial charge in [0.1, 0.15) is 17.0 Å². The highest BCUT2D eigenvalue weighted by Gasteiger charge is 2.31. The first kappa shape index (κ1) is 12.8. The Morgan fingerprint density at radius 3 is 2.67 bits per heavy atom. The number of nitrogens with one attached hydrogen (secondary N) is 2. The summed E-state index contributed by atoms with van der Waals surface area (Å²) >= 11 is 1.70. The van der Waals surface area contributed by atoms with Gasteiger partial charge >= 0.3 is 0 Å². The number of amides is 1. The summed E-state index contributed by atoms with van der Waals surface area (Å²) < 4.78 is 13.0. The van der Waals surface area contributed by atoms with Gasteiger partial charge in [0.25, 0.3) is 5.91 Å². The van der Waals surface area contributed by atoms with Gasteiger partial charge in [-0.1, -0.05) is 12.1 Å². The molecular formula is C16H15FN2OS. The number of anilines is 1. The van der Waals surface area contributed by atoms with E-state index in [1.165, 1.54) is 29.0 Å². The van der Waals surface area contributed by atoms with Crippen molar-refractivity contribution in [3.8, 4) is 0 Å². The van der Waals surface area contributed by atoms with Crippen LogP contribution in [0.5, 0.6) is 0 Å². The Bertz CT molecular complexity index is 708. The standard InChI is InChI=1S/C16H15FN2OS/c17-10-7-5-9(6-8-10)14-18-15(20)13-11-3-1-2-4-12(11)21-16(13)19-14/h5-8,14,19H,1-4H2,(H,18,20). The fraction of sp³-hybridized carbons (Fsp3) is 0.312. The van der Waals surface area contributed by atoms with Gasteiger partial charge in [0.2, 0.25) is 0 Å². The first-order valence-electron chi connectivity index (χ1n) is 7.20. The Labute approximate surface area is 126 Å². The van der Waals surface area contributed by atoms with Crippen molar-refractivity contribution in [2.75, 3.05) is 5.32 Å². The number of carbonyl (C=O) groups is 1. The topological polar surface area (TPSA) is 41.1 Å². The van der Waals surface area contributed by atoms with E-state index in [0.717, 1.165) is 35.4 Å². The van der Waals surface area contributed by atoms with E-state index in [9.17, 15) is 9.18 Å². The molecule has 21 heavy (non-hydrogen) atoms. The number of rotatable bonds is 1. The third-order valence-corrected chi connectivity index (χ3v) is 5.38. The van der Waals surface area contributed by atoms with Crippen molar-refractivity contribution < 1.29 is 9.18 Å². The van der Waals surface area contributed by atoms with Crippen LogP contribution in [0.25, 0.3) is 0 Å². The molecule has 4 rings (SSSR count). The second kappa shape index (κ2) is 4.84. The number of aryl methyl sites for hydroxylation is 1. The molecule has 1 aliphatic heterocycles. The number of hydrogen-bond donors (Lipinski definition) is 2. The van der Waals surface area contributed by atoms with E-state index in [1.807, 2.05) is 0 Å². The van der Waals surface area contributed by atoms with Gasteiger partial charge in [-0.15, -0.1) is 11.3 Å². The summed E-state index contributed by atoms with van der Waals surface area (Å²) in [5.74, 6) is -0.286.